The number of methoxy groups -OCH3 is 1. The normalized spacial score (nSPS) is 26.8. The number of alkyl halides is 1. The summed E-state index contributed by atoms with van der Waals surface area (Å²) in [4.78, 5) is 0. The predicted octanol–water partition coefficient (Wildman–Crippen LogP) is 3.23. The molecule has 1 fully saturated rings. The molecule has 0 bridgehead atoms. The summed E-state index contributed by atoms with van der Waals surface area (Å²) in [6.45, 7) is 2.46. The fourth-order valence-electron chi connectivity index (χ4n) is 2.13. The number of ether oxygens (including phenoxy) is 2. The summed E-state index contributed by atoms with van der Waals surface area (Å²) in [5, 5.41) is 0.390. The second-order valence-electron chi connectivity index (χ2n) is 4.31. The first-order valence-corrected chi connectivity index (χ1v) is 6.49. The number of hydrogen-bond acceptors (Lipinski definition) is 2. The Labute approximate surface area is 98.3 Å². The monoisotopic (exact) mass is 234 g/mol. The fraction of sp³-hybridized carbons (Fsp3) is 1.00. The molecule has 0 aromatic carbocycles. The molecular weight excluding hydrogens is 212 g/mol. The highest BCUT2D eigenvalue weighted by molar-refractivity contribution is 6.20. The van der Waals surface area contributed by atoms with Gasteiger partial charge in [-0.05, 0) is 31.6 Å². The molecule has 1 aliphatic carbocycles. The summed E-state index contributed by atoms with van der Waals surface area (Å²) in [6, 6.07) is 0. The Hall–Kier alpha value is 0.210. The Morgan fingerprint density at radius 2 is 1.93 bits per heavy atom. The average Bonchev–Trinajstić information content (AvgIpc) is 2.25. The summed E-state index contributed by atoms with van der Waals surface area (Å²) in [5.74, 6) is 0.683. The van der Waals surface area contributed by atoms with Crippen LogP contribution in [0.5, 0.6) is 0 Å². The van der Waals surface area contributed by atoms with Gasteiger partial charge in [0.1, 0.15) is 0 Å². The van der Waals surface area contributed by atoms with Crippen LogP contribution in [0.2, 0.25) is 0 Å². The second kappa shape index (κ2) is 8.37. The molecule has 0 radical (unpaired) electrons. The minimum atomic E-state index is 0.390. The van der Waals surface area contributed by atoms with Gasteiger partial charge < -0.3 is 9.47 Å². The fourth-order valence-corrected chi connectivity index (χ4v) is 2.54. The third kappa shape index (κ3) is 5.74. The molecule has 1 rings (SSSR count). The van der Waals surface area contributed by atoms with Crippen LogP contribution in [0.25, 0.3) is 0 Å². The van der Waals surface area contributed by atoms with Crippen LogP contribution >= 0.6 is 11.6 Å². The first-order chi connectivity index (χ1) is 7.34. The maximum absolute atomic E-state index is 6.27. The molecule has 0 aromatic heterocycles. The molecule has 3 heteroatoms. The van der Waals surface area contributed by atoms with Crippen LogP contribution in [-0.4, -0.2) is 32.3 Å². The van der Waals surface area contributed by atoms with E-state index in [-0.39, 0.29) is 0 Å². The van der Waals surface area contributed by atoms with Gasteiger partial charge in [-0.2, -0.15) is 0 Å². The highest BCUT2D eigenvalue weighted by atomic mass is 35.5. The lowest BCUT2D eigenvalue weighted by molar-refractivity contribution is 0.0904. The zero-order chi connectivity index (χ0) is 10.9. The molecule has 2 atom stereocenters. The maximum Gasteiger partial charge on any atom is 0.0487 e. The molecule has 2 unspecified atom stereocenters. The van der Waals surface area contributed by atoms with Crippen LogP contribution in [0, 0.1) is 5.92 Å². The van der Waals surface area contributed by atoms with Gasteiger partial charge in [0, 0.05) is 32.3 Å². The highest BCUT2D eigenvalue weighted by Gasteiger charge is 2.22. The lowest BCUT2D eigenvalue weighted by Crippen LogP contribution is -2.21. The van der Waals surface area contributed by atoms with Gasteiger partial charge in [0.2, 0.25) is 0 Å². The Kier molecular flexibility index (Phi) is 7.41. The molecule has 1 saturated carbocycles. The lowest BCUT2D eigenvalue weighted by atomic mass is 9.87. The van der Waals surface area contributed by atoms with E-state index in [9.17, 15) is 0 Å². The van der Waals surface area contributed by atoms with Crippen molar-refractivity contribution < 1.29 is 9.47 Å². The van der Waals surface area contributed by atoms with Crippen molar-refractivity contribution in [2.45, 2.75) is 43.9 Å². The Balaban J connectivity index is 1.94. The molecule has 15 heavy (non-hydrogen) atoms. The van der Waals surface area contributed by atoms with Gasteiger partial charge in [0.15, 0.2) is 0 Å². The largest absolute Gasteiger partial charge is 0.385 e. The van der Waals surface area contributed by atoms with Gasteiger partial charge in [-0.15, -0.1) is 11.6 Å². The van der Waals surface area contributed by atoms with Crippen molar-refractivity contribution >= 4 is 11.6 Å². The van der Waals surface area contributed by atoms with E-state index in [0.717, 1.165) is 32.7 Å². The van der Waals surface area contributed by atoms with E-state index >= 15 is 0 Å². The van der Waals surface area contributed by atoms with E-state index in [4.69, 9.17) is 21.1 Å². The Morgan fingerprint density at radius 1 is 1.13 bits per heavy atom. The van der Waals surface area contributed by atoms with E-state index in [1.165, 1.54) is 25.7 Å². The minimum Gasteiger partial charge on any atom is -0.385 e. The zero-order valence-corrected chi connectivity index (χ0v) is 10.5. The Morgan fingerprint density at radius 3 is 2.67 bits per heavy atom. The van der Waals surface area contributed by atoms with Crippen molar-refractivity contribution in [3.8, 4) is 0 Å². The van der Waals surface area contributed by atoms with E-state index in [2.05, 4.69) is 0 Å². The topological polar surface area (TPSA) is 18.5 Å². The summed E-state index contributed by atoms with van der Waals surface area (Å²) in [5.41, 5.74) is 0. The molecule has 90 valence electrons. The van der Waals surface area contributed by atoms with Crippen LogP contribution in [0.4, 0.5) is 0 Å². The molecule has 0 aliphatic heterocycles. The van der Waals surface area contributed by atoms with Crippen LogP contribution < -0.4 is 0 Å². The van der Waals surface area contributed by atoms with Crippen LogP contribution in [0.15, 0.2) is 0 Å². The Bertz CT molecular complexity index is 153. The molecule has 0 saturated heterocycles. The van der Waals surface area contributed by atoms with Gasteiger partial charge in [0.25, 0.3) is 0 Å². The summed E-state index contributed by atoms with van der Waals surface area (Å²) in [6.07, 6.45) is 7.25. The average molecular weight is 235 g/mol. The van der Waals surface area contributed by atoms with Crippen molar-refractivity contribution in [1.29, 1.82) is 0 Å². The van der Waals surface area contributed by atoms with Crippen molar-refractivity contribution in [3.63, 3.8) is 0 Å². The van der Waals surface area contributed by atoms with E-state index in [1.54, 1.807) is 7.11 Å². The van der Waals surface area contributed by atoms with Gasteiger partial charge in [-0.3, -0.25) is 0 Å². The van der Waals surface area contributed by atoms with Crippen LogP contribution in [0.1, 0.15) is 38.5 Å². The van der Waals surface area contributed by atoms with Crippen LogP contribution in [-0.2, 0) is 9.47 Å². The molecule has 1 aliphatic rings. The SMILES string of the molecule is COCCCOCCC1CCCCC1Cl. The van der Waals surface area contributed by atoms with E-state index in [1.807, 2.05) is 0 Å². The van der Waals surface area contributed by atoms with E-state index < -0.39 is 0 Å². The zero-order valence-electron chi connectivity index (χ0n) is 9.71. The summed E-state index contributed by atoms with van der Waals surface area (Å²) >= 11 is 6.27. The molecule has 0 spiro atoms. The quantitative estimate of drug-likeness (QED) is 0.498. The maximum atomic E-state index is 6.27. The third-order valence-corrected chi connectivity index (χ3v) is 3.66. The summed E-state index contributed by atoms with van der Waals surface area (Å²) < 4.78 is 10.5. The summed E-state index contributed by atoms with van der Waals surface area (Å²) in [7, 11) is 1.72. The first-order valence-electron chi connectivity index (χ1n) is 6.05. The third-order valence-electron chi connectivity index (χ3n) is 3.09. The lowest BCUT2D eigenvalue weighted by Gasteiger charge is -2.26. The molecular formula is C12H23ClO2. The predicted molar refractivity (Wildman–Crippen MR) is 63.5 cm³/mol. The molecule has 2 nitrogen and oxygen atoms in total. The minimum absolute atomic E-state index is 0.390. The van der Waals surface area contributed by atoms with Crippen molar-refractivity contribution in [1.82, 2.24) is 0 Å². The van der Waals surface area contributed by atoms with E-state index in [0.29, 0.717) is 11.3 Å². The molecule has 0 amide bonds. The van der Waals surface area contributed by atoms with Gasteiger partial charge in [-0.25, -0.2) is 0 Å². The number of halogens is 1. The molecule has 0 aromatic rings. The highest BCUT2D eigenvalue weighted by Crippen LogP contribution is 2.30. The smallest absolute Gasteiger partial charge is 0.0487 e. The number of hydrogen-bond donors (Lipinski definition) is 0. The molecule has 0 N–H and O–H groups in total. The van der Waals surface area contributed by atoms with Gasteiger partial charge in [0.05, 0.1) is 0 Å². The molecule has 0 heterocycles. The second-order valence-corrected chi connectivity index (χ2v) is 4.87. The van der Waals surface area contributed by atoms with Crippen molar-refractivity contribution in [2.24, 2.45) is 5.92 Å². The van der Waals surface area contributed by atoms with Gasteiger partial charge >= 0.3 is 0 Å². The van der Waals surface area contributed by atoms with Crippen LogP contribution in [0.3, 0.4) is 0 Å². The van der Waals surface area contributed by atoms with Crippen molar-refractivity contribution in [3.05, 3.63) is 0 Å². The van der Waals surface area contributed by atoms with Gasteiger partial charge in [-0.1, -0.05) is 12.8 Å². The number of rotatable bonds is 7. The first kappa shape index (κ1) is 13.3. The van der Waals surface area contributed by atoms with Crippen molar-refractivity contribution in [2.75, 3.05) is 26.9 Å². The standard InChI is InChI=1S/C12H23ClO2/c1-14-8-4-9-15-10-7-11-5-2-3-6-12(11)13/h11-12H,2-10H2,1H3.